The molecule has 3 heterocycles. The van der Waals surface area contributed by atoms with Crippen molar-refractivity contribution in [3.63, 3.8) is 0 Å². The molecule has 1 aliphatic heterocycles. The van der Waals surface area contributed by atoms with E-state index in [0.717, 1.165) is 18.7 Å². The molecule has 7 nitrogen and oxygen atoms in total. The molecule has 0 radical (unpaired) electrons. The van der Waals surface area contributed by atoms with Crippen LogP contribution in [0.4, 0.5) is 13.2 Å². The number of aliphatic hydroxyl groups is 1. The Bertz CT molecular complexity index is 1680. The number of halogens is 4. The van der Waals surface area contributed by atoms with Crippen molar-refractivity contribution in [1.29, 1.82) is 0 Å². The Labute approximate surface area is 271 Å². The van der Waals surface area contributed by atoms with E-state index in [9.17, 15) is 13.9 Å². The van der Waals surface area contributed by atoms with Crippen molar-refractivity contribution in [1.82, 2.24) is 19.5 Å². The first-order chi connectivity index (χ1) is 21.0. The first-order valence-corrected chi connectivity index (χ1v) is 18.8. The summed E-state index contributed by atoms with van der Waals surface area (Å²) in [4.78, 5) is 13.4. The molecule has 2 aromatic carbocycles. The van der Waals surface area contributed by atoms with Gasteiger partial charge in [0.15, 0.2) is 14.1 Å². The average molecular weight is 706 g/mol. The van der Waals surface area contributed by atoms with Crippen LogP contribution in [0.25, 0.3) is 22.2 Å². The van der Waals surface area contributed by atoms with Gasteiger partial charge in [0.2, 0.25) is 0 Å². The van der Waals surface area contributed by atoms with E-state index in [1.807, 2.05) is 4.57 Å². The third kappa shape index (κ3) is 6.84. The van der Waals surface area contributed by atoms with Gasteiger partial charge in [-0.2, -0.15) is 8.78 Å². The van der Waals surface area contributed by atoms with E-state index in [0.29, 0.717) is 39.7 Å². The summed E-state index contributed by atoms with van der Waals surface area (Å²) in [5, 5.41) is 10.4. The van der Waals surface area contributed by atoms with E-state index in [4.69, 9.17) is 14.1 Å². The fourth-order valence-electron chi connectivity index (χ4n) is 5.64. The number of hydrogen-bond acceptors (Lipinski definition) is 6. The lowest BCUT2D eigenvalue weighted by molar-refractivity contribution is -0.0507. The van der Waals surface area contributed by atoms with Gasteiger partial charge in [-0.25, -0.2) is 19.3 Å². The Balaban J connectivity index is 1.57. The lowest BCUT2D eigenvalue weighted by atomic mass is 9.94. The number of rotatable bonds is 10. The average Bonchev–Trinajstić information content (AvgIpc) is 3.46. The molecule has 2 atom stereocenters. The number of nitrogens with zero attached hydrogens (tertiary/aromatic N) is 4. The Morgan fingerprint density at radius 1 is 1.11 bits per heavy atom. The zero-order valence-corrected chi connectivity index (χ0v) is 29.3. The quantitative estimate of drug-likeness (QED) is 0.131. The van der Waals surface area contributed by atoms with E-state index in [2.05, 4.69) is 59.8 Å². The molecule has 242 valence electrons. The Morgan fingerprint density at radius 3 is 2.42 bits per heavy atom. The second-order valence-corrected chi connectivity index (χ2v) is 19.4. The highest BCUT2D eigenvalue weighted by molar-refractivity contribution is 9.10. The molecular formula is C33H40BrF3N4O3Si. The van der Waals surface area contributed by atoms with Crippen LogP contribution in [0.1, 0.15) is 83.1 Å². The molecule has 1 aliphatic rings. The molecule has 0 amide bonds. The fourth-order valence-corrected chi connectivity index (χ4v) is 7.34. The molecule has 12 heteroatoms. The van der Waals surface area contributed by atoms with Crippen LogP contribution in [0.5, 0.6) is 5.75 Å². The summed E-state index contributed by atoms with van der Waals surface area (Å²) in [6, 6.07) is 7.72. The molecule has 4 aromatic rings. The summed E-state index contributed by atoms with van der Waals surface area (Å²) in [6.07, 6.45) is 5.14. The van der Waals surface area contributed by atoms with Crippen molar-refractivity contribution >= 4 is 35.3 Å². The van der Waals surface area contributed by atoms with Gasteiger partial charge in [0, 0.05) is 52.1 Å². The third-order valence-electron chi connectivity index (χ3n) is 9.03. The normalized spacial score (nSPS) is 17.4. The molecular weight excluding hydrogens is 665 g/mol. The SMILES string of the molecule is CC(C)(O)c1ncc(-c2cc3c(cc2F)nc2n3[C@@H](c3c(Br)cccc3OC(F)F)C[C@H]2CCCO[Si](C)(C)C(C)(C)C)cn1. The van der Waals surface area contributed by atoms with Crippen LogP contribution in [0.3, 0.4) is 0 Å². The number of hydrogen-bond donors (Lipinski definition) is 1. The number of aromatic nitrogens is 4. The predicted molar refractivity (Wildman–Crippen MR) is 175 cm³/mol. The zero-order chi connectivity index (χ0) is 32.9. The first-order valence-electron chi connectivity index (χ1n) is 15.1. The highest BCUT2D eigenvalue weighted by Crippen LogP contribution is 2.49. The minimum atomic E-state index is -2.99. The van der Waals surface area contributed by atoms with Gasteiger partial charge in [0.05, 0.1) is 17.1 Å². The smallest absolute Gasteiger partial charge is 0.387 e. The van der Waals surface area contributed by atoms with Gasteiger partial charge in [-0.05, 0) is 69.4 Å². The van der Waals surface area contributed by atoms with E-state index in [1.54, 1.807) is 32.0 Å². The van der Waals surface area contributed by atoms with Gasteiger partial charge in [-0.15, -0.1) is 0 Å². The van der Waals surface area contributed by atoms with Crippen molar-refractivity contribution in [2.45, 2.75) is 96.2 Å². The van der Waals surface area contributed by atoms with Crippen molar-refractivity contribution in [3.8, 4) is 16.9 Å². The molecule has 45 heavy (non-hydrogen) atoms. The van der Waals surface area contributed by atoms with Crippen LogP contribution in [-0.4, -0.2) is 46.2 Å². The van der Waals surface area contributed by atoms with Gasteiger partial charge in [0.25, 0.3) is 0 Å². The Kier molecular flexibility index (Phi) is 9.26. The second-order valence-electron chi connectivity index (χ2n) is 13.7. The standard InChI is InChI=1S/C33H40BrF3N4O3Si/c1-32(2,3)45(6,7)43-13-9-10-19-14-26(28-22(34)11-8-12-27(28)44-31(36)37)41-25-15-21(23(35)16-24(25)40-29(19)41)20-17-38-30(39-18-20)33(4,5)42/h8,11-12,15-19,26,31,42H,9-10,13-14H2,1-7H3/t19-,26-/m1/s1. The highest BCUT2D eigenvalue weighted by atomic mass is 79.9. The van der Waals surface area contributed by atoms with Gasteiger partial charge in [-0.3, -0.25) is 0 Å². The highest BCUT2D eigenvalue weighted by Gasteiger charge is 2.39. The summed E-state index contributed by atoms with van der Waals surface area (Å²) in [5.74, 6) is 0.567. The van der Waals surface area contributed by atoms with Crippen LogP contribution in [0, 0.1) is 5.82 Å². The number of ether oxygens (including phenoxy) is 1. The van der Waals surface area contributed by atoms with Gasteiger partial charge in [0.1, 0.15) is 23.0 Å². The van der Waals surface area contributed by atoms with Crippen LogP contribution in [0.2, 0.25) is 18.1 Å². The maximum absolute atomic E-state index is 15.6. The Hall–Kier alpha value is -2.80. The maximum Gasteiger partial charge on any atom is 0.387 e. The monoisotopic (exact) mass is 704 g/mol. The van der Waals surface area contributed by atoms with E-state index < -0.39 is 32.4 Å². The fraction of sp³-hybridized carbons (Fsp3) is 0.485. The second kappa shape index (κ2) is 12.4. The summed E-state index contributed by atoms with van der Waals surface area (Å²) < 4.78 is 56.7. The van der Waals surface area contributed by atoms with Crippen LogP contribution in [-0.2, 0) is 10.0 Å². The van der Waals surface area contributed by atoms with Gasteiger partial charge in [-0.1, -0.05) is 42.8 Å². The largest absolute Gasteiger partial charge is 0.434 e. The lowest BCUT2D eigenvalue weighted by Gasteiger charge is -2.36. The number of imidazole rings is 1. The minimum absolute atomic E-state index is 0.0159. The first kappa shape index (κ1) is 33.6. The molecule has 0 unspecified atom stereocenters. The molecule has 0 aliphatic carbocycles. The van der Waals surface area contributed by atoms with Crippen molar-refractivity contribution in [2.24, 2.45) is 0 Å². The van der Waals surface area contributed by atoms with Crippen molar-refractivity contribution in [3.05, 3.63) is 70.2 Å². The lowest BCUT2D eigenvalue weighted by Crippen LogP contribution is -2.41. The molecule has 0 fully saturated rings. The van der Waals surface area contributed by atoms with Gasteiger partial charge >= 0.3 is 6.61 Å². The maximum atomic E-state index is 15.6. The minimum Gasteiger partial charge on any atom is -0.434 e. The Morgan fingerprint density at radius 2 is 1.80 bits per heavy atom. The van der Waals surface area contributed by atoms with Crippen LogP contribution in [0.15, 0.2) is 47.2 Å². The van der Waals surface area contributed by atoms with Crippen molar-refractivity contribution < 1.29 is 27.4 Å². The molecule has 0 spiro atoms. The molecule has 1 N–H and O–H groups in total. The van der Waals surface area contributed by atoms with Gasteiger partial charge < -0.3 is 18.8 Å². The molecule has 2 aromatic heterocycles. The molecule has 5 rings (SSSR count). The molecule has 0 bridgehead atoms. The summed E-state index contributed by atoms with van der Waals surface area (Å²) in [5.41, 5.74) is 1.18. The van der Waals surface area contributed by atoms with E-state index in [-0.39, 0.29) is 28.1 Å². The summed E-state index contributed by atoms with van der Waals surface area (Å²) in [7, 11) is -1.92. The van der Waals surface area contributed by atoms with Crippen molar-refractivity contribution in [2.75, 3.05) is 6.61 Å². The van der Waals surface area contributed by atoms with Crippen LogP contribution >= 0.6 is 15.9 Å². The third-order valence-corrected chi connectivity index (χ3v) is 14.3. The zero-order valence-electron chi connectivity index (χ0n) is 26.7. The molecule has 0 saturated heterocycles. The number of alkyl halides is 2. The van der Waals surface area contributed by atoms with Crippen LogP contribution < -0.4 is 4.74 Å². The number of benzene rings is 2. The van der Waals surface area contributed by atoms with E-state index in [1.165, 1.54) is 24.5 Å². The number of fused-ring (bicyclic) bond motifs is 3. The molecule has 0 saturated carbocycles. The predicted octanol–water partition coefficient (Wildman–Crippen LogP) is 9.10. The topological polar surface area (TPSA) is 82.3 Å². The summed E-state index contributed by atoms with van der Waals surface area (Å²) >= 11 is 3.59. The van der Waals surface area contributed by atoms with E-state index >= 15 is 4.39 Å². The summed E-state index contributed by atoms with van der Waals surface area (Å²) in [6.45, 7) is 11.9.